The standard InChI is InChI=1S/C18H19Br2N3O/c1-2-24-18-12(9-13(19)10-14(18)20)11-21-8-7-17-22-15-5-3-4-6-16(15)23-17/h3-6,9-10,21H,2,7-8,11H2,1H3,(H,22,23). The number of imidazole rings is 1. The van der Waals surface area contributed by atoms with E-state index < -0.39 is 0 Å². The molecule has 0 aliphatic heterocycles. The zero-order chi connectivity index (χ0) is 16.9. The molecule has 1 aromatic heterocycles. The first-order valence-corrected chi connectivity index (χ1v) is 9.51. The van der Waals surface area contributed by atoms with E-state index in [0.29, 0.717) is 6.61 Å². The third-order valence-electron chi connectivity index (χ3n) is 3.67. The van der Waals surface area contributed by atoms with E-state index in [4.69, 9.17) is 4.74 Å². The van der Waals surface area contributed by atoms with Crippen LogP contribution in [0.1, 0.15) is 18.3 Å². The first kappa shape index (κ1) is 17.5. The summed E-state index contributed by atoms with van der Waals surface area (Å²) < 4.78 is 7.75. The molecular formula is C18H19Br2N3O. The van der Waals surface area contributed by atoms with Crippen molar-refractivity contribution >= 4 is 42.9 Å². The topological polar surface area (TPSA) is 49.9 Å². The van der Waals surface area contributed by atoms with Crippen LogP contribution in [0.5, 0.6) is 5.75 Å². The molecule has 6 heteroatoms. The normalized spacial score (nSPS) is 11.1. The van der Waals surface area contributed by atoms with E-state index in [-0.39, 0.29) is 0 Å². The lowest BCUT2D eigenvalue weighted by atomic mass is 10.2. The van der Waals surface area contributed by atoms with E-state index in [9.17, 15) is 0 Å². The number of fused-ring (bicyclic) bond motifs is 1. The molecule has 0 fully saturated rings. The summed E-state index contributed by atoms with van der Waals surface area (Å²) in [7, 11) is 0. The summed E-state index contributed by atoms with van der Waals surface area (Å²) in [5.74, 6) is 1.90. The molecule has 0 saturated carbocycles. The lowest BCUT2D eigenvalue weighted by molar-refractivity contribution is 0.333. The summed E-state index contributed by atoms with van der Waals surface area (Å²) in [6, 6.07) is 12.2. The number of hydrogen-bond donors (Lipinski definition) is 2. The predicted molar refractivity (Wildman–Crippen MR) is 105 cm³/mol. The van der Waals surface area contributed by atoms with E-state index in [1.165, 1.54) is 0 Å². The zero-order valence-corrected chi connectivity index (χ0v) is 16.6. The van der Waals surface area contributed by atoms with Crippen LogP contribution in [0.2, 0.25) is 0 Å². The Kier molecular flexibility index (Phi) is 5.92. The third-order valence-corrected chi connectivity index (χ3v) is 4.71. The minimum atomic E-state index is 0.645. The van der Waals surface area contributed by atoms with Gasteiger partial charge in [0.2, 0.25) is 0 Å². The first-order valence-electron chi connectivity index (χ1n) is 7.92. The summed E-state index contributed by atoms with van der Waals surface area (Å²) in [5.41, 5.74) is 3.23. The fourth-order valence-corrected chi connectivity index (χ4v) is 4.03. The Morgan fingerprint density at radius 2 is 2.04 bits per heavy atom. The Labute approximate surface area is 158 Å². The van der Waals surface area contributed by atoms with E-state index in [0.717, 1.165) is 56.6 Å². The van der Waals surface area contributed by atoms with Crippen LogP contribution >= 0.6 is 31.9 Å². The van der Waals surface area contributed by atoms with Crippen LogP contribution in [0.15, 0.2) is 45.3 Å². The second-order valence-electron chi connectivity index (χ2n) is 5.44. The Morgan fingerprint density at radius 1 is 1.21 bits per heavy atom. The molecule has 0 atom stereocenters. The molecule has 1 heterocycles. The summed E-state index contributed by atoms with van der Waals surface area (Å²) in [5, 5.41) is 3.47. The van der Waals surface area contributed by atoms with Crippen LogP contribution in [0.25, 0.3) is 11.0 Å². The SMILES string of the molecule is CCOc1c(Br)cc(Br)cc1CNCCc1nc2ccccc2[nH]1. The van der Waals surface area contributed by atoms with Crippen molar-refractivity contribution < 1.29 is 4.74 Å². The van der Waals surface area contributed by atoms with Crippen molar-refractivity contribution in [1.82, 2.24) is 15.3 Å². The van der Waals surface area contributed by atoms with Gasteiger partial charge in [-0.3, -0.25) is 0 Å². The highest BCUT2D eigenvalue weighted by Crippen LogP contribution is 2.32. The van der Waals surface area contributed by atoms with Gasteiger partial charge < -0.3 is 15.0 Å². The number of aromatic amines is 1. The van der Waals surface area contributed by atoms with E-state index >= 15 is 0 Å². The number of ether oxygens (including phenoxy) is 1. The largest absolute Gasteiger partial charge is 0.492 e. The number of halogens is 2. The Morgan fingerprint density at radius 3 is 2.83 bits per heavy atom. The van der Waals surface area contributed by atoms with Gasteiger partial charge in [0.15, 0.2) is 0 Å². The molecule has 0 saturated heterocycles. The van der Waals surface area contributed by atoms with Crippen molar-refractivity contribution in [2.75, 3.05) is 13.2 Å². The molecule has 24 heavy (non-hydrogen) atoms. The first-order chi connectivity index (χ1) is 11.7. The van der Waals surface area contributed by atoms with Gasteiger partial charge >= 0.3 is 0 Å². The smallest absolute Gasteiger partial charge is 0.138 e. The number of nitrogens with one attached hydrogen (secondary N) is 2. The summed E-state index contributed by atoms with van der Waals surface area (Å²) in [4.78, 5) is 7.95. The maximum absolute atomic E-state index is 5.75. The van der Waals surface area contributed by atoms with E-state index in [1.54, 1.807) is 0 Å². The van der Waals surface area contributed by atoms with E-state index in [1.807, 2.05) is 37.3 Å². The molecular weight excluding hydrogens is 434 g/mol. The van der Waals surface area contributed by atoms with Crippen LogP contribution in [-0.2, 0) is 13.0 Å². The minimum Gasteiger partial charge on any atom is -0.492 e. The molecule has 2 N–H and O–H groups in total. The van der Waals surface area contributed by atoms with Crippen molar-refractivity contribution in [3.05, 3.63) is 56.7 Å². The maximum atomic E-state index is 5.75. The lowest BCUT2D eigenvalue weighted by Crippen LogP contribution is -2.18. The minimum absolute atomic E-state index is 0.645. The second-order valence-corrected chi connectivity index (χ2v) is 7.21. The molecule has 0 radical (unpaired) electrons. The molecule has 0 amide bonds. The molecule has 0 unspecified atom stereocenters. The van der Waals surface area contributed by atoms with Crippen molar-refractivity contribution in [3.8, 4) is 5.75 Å². The van der Waals surface area contributed by atoms with Gasteiger partial charge in [-0.1, -0.05) is 28.1 Å². The van der Waals surface area contributed by atoms with Gasteiger partial charge in [-0.15, -0.1) is 0 Å². The molecule has 3 rings (SSSR count). The van der Waals surface area contributed by atoms with Crippen LogP contribution in [-0.4, -0.2) is 23.1 Å². The summed E-state index contributed by atoms with van der Waals surface area (Å²) >= 11 is 7.10. The third kappa shape index (κ3) is 4.18. The van der Waals surface area contributed by atoms with Gasteiger partial charge in [0.25, 0.3) is 0 Å². The number of H-pyrrole nitrogens is 1. The van der Waals surface area contributed by atoms with Crippen LogP contribution < -0.4 is 10.1 Å². The van der Waals surface area contributed by atoms with Gasteiger partial charge in [-0.05, 0) is 47.1 Å². The number of para-hydroxylation sites is 2. The number of hydrogen-bond acceptors (Lipinski definition) is 3. The number of aromatic nitrogens is 2. The van der Waals surface area contributed by atoms with Gasteiger partial charge in [0, 0.05) is 29.5 Å². The molecule has 0 aliphatic carbocycles. The van der Waals surface area contributed by atoms with Crippen LogP contribution in [0.4, 0.5) is 0 Å². The average Bonchev–Trinajstić information content (AvgIpc) is 2.97. The molecule has 0 bridgehead atoms. The number of nitrogens with zero attached hydrogens (tertiary/aromatic N) is 1. The summed E-state index contributed by atoms with van der Waals surface area (Å²) in [6.45, 7) is 4.22. The van der Waals surface area contributed by atoms with Gasteiger partial charge in [0.05, 0.1) is 22.1 Å². The molecule has 3 aromatic rings. The van der Waals surface area contributed by atoms with E-state index in [2.05, 4.69) is 53.2 Å². The fourth-order valence-electron chi connectivity index (χ4n) is 2.60. The monoisotopic (exact) mass is 451 g/mol. The maximum Gasteiger partial charge on any atom is 0.138 e. The Hall–Kier alpha value is -1.37. The van der Waals surface area contributed by atoms with Crippen molar-refractivity contribution in [2.24, 2.45) is 0 Å². The molecule has 126 valence electrons. The Balaban J connectivity index is 1.60. The van der Waals surface area contributed by atoms with Crippen molar-refractivity contribution in [3.63, 3.8) is 0 Å². The fraction of sp³-hybridized carbons (Fsp3) is 0.278. The number of benzene rings is 2. The highest BCUT2D eigenvalue weighted by Gasteiger charge is 2.10. The highest BCUT2D eigenvalue weighted by atomic mass is 79.9. The van der Waals surface area contributed by atoms with Crippen molar-refractivity contribution in [2.45, 2.75) is 19.9 Å². The second kappa shape index (κ2) is 8.14. The molecule has 0 spiro atoms. The predicted octanol–water partition coefficient (Wildman–Crippen LogP) is 4.82. The molecule has 0 aliphatic rings. The van der Waals surface area contributed by atoms with Gasteiger partial charge in [-0.2, -0.15) is 0 Å². The molecule has 4 nitrogen and oxygen atoms in total. The zero-order valence-electron chi connectivity index (χ0n) is 13.4. The average molecular weight is 453 g/mol. The molecule has 2 aromatic carbocycles. The lowest BCUT2D eigenvalue weighted by Gasteiger charge is -2.13. The van der Waals surface area contributed by atoms with Crippen LogP contribution in [0.3, 0.4) is 0 Å². The van der Waals surface area contributed by atoms with Crippen LogP contribution in [0, 0.1) is 0 Å². The highest BCUT2D eigenvalue weighted by molar-refractivity contribution is 9.11. The number of rotatable bonds is 7. The Bertz CT molecular complexity index is 799. The van der Waals surface area contributed by atoms with Crippen molar-refractivity contribution in [1.29, 1.82) is 0 Å². The van der Waals surface area contributed by atoms with Gasteiger partial charge in [-0.25, -0.2) is 4.98 Å². The summed E-state index contributed by atoms with van der Waals surface area (Å²) in [6.07, 6.45) is 0.855. The van der Waals surface area contributed by atoms with Gasteiger partial charge in [0.1, 0.15) is 11.6 Å². The quantitative estimate of drug-likeness (QED) is 0.505.